The van der Waals surface area contributed by atoms with Crippen molar-refractivity contribution in [1.82, 2.24) is 10.2 Å². The van der Waals surface area contributed by atoms with Gasteiger partial charge in [-0.3, -0.25) is 5.10 Å². The van der Waals surface area contributed by atoms with E-state index in [2.05, 4.69) is 10.2 Å². The lowest BCUT2D eigenvalue weighted by atomic mass is 9.94. The number of aliphatic hydroxyl groups excluding tert-OH is 1. The zero-order valence-corrected chi connectivity index (χ0v) is 11.2. The number of nitrogens with two attached hydrogens (primary N) is 1. The Hall–Kier alpha value is -2.09. The van der Waals surface area contributed by atoms with Gasteiger partial charge in [-0.05, 0) is 19.4 Å². The van der Waals surface area contributed by atoms with Crippen LogP contribution in [0.3, 0.4) is 0 Å². The molecule has 8 heteroatoms. The molecule has 1 unspecified atom stereocenters. The molecule has 0 aliphatic rings. The van der Waals surface area contributed by atoms with Gasteiger partial charge < -0.3 is 10.8 Å². The van der Waals surface area contributed by atoms with E-state index in [-0.39, 0.29) is 27.7 Å². The van der Waals surface area contributed by atoms with Crippen LogP contribution in [0.2, 0.25) is 0 Å². The van der Waals surface area contributed by atoms with Crippen molar-refractivity contribution in [3.05, 3.63) is 34.8 Å². The molecule has 1 heterocycles. The van der Waals surface area contributed by atoms with Gasteiger partial charge in [-0.15, -0.1) is 0 Å². The number of hydrogen-bond acceptors (Lipinski definition) is 3. The van der Waals surface area contributed by atoms with Crippen LogP contribution in [-0.2, 0) is 0 Å². The minimum Gasteiger partial charge on any atom is -0.398 e. The summed E-state index contributed by atoms with van der Waals surface area (Å²) in [5.41, 5.74) is 5.08. The Morgan fingerprint density at radius 1 is 1.48 bits per heavy atom. The summed E-state index contributed by atoms with van der Waals surface area (Å²) in [5.74, 6) is -1.16. The highest BCUT2D eigenvalue weighted by Crippen LogP contribution is 2.40. The van der Waals surface area contributed by atoms with Gasteiger partial charge in [0.15, 0.2) is 6.10 Å². The third-order valence-corrected chi connectivity index (χ3v) is 3.30. The lowest BCUT2D eigenvalue weighted by Crippen LogP contribution is -2.22. The van der Waals surface area contributed by atoms with Gasteiger partial charge in [0.05, 0.1) is 17.3 Å². The largest absolute Gasteiger partial charge is 0.418 e. The first kappa shape index (κ1) is 15.3. The normalized spacial score (nSPS) is 14.7. The molecule has 0 saturated carbocycles. The van der Waals surface area contributed by atoms with Gasteiger partial charge in [-0.25, -0.2) is 4.39 Å². The maximum Gasteiger partial charge on any atom is 0.418 e. The van der Waals surface area contributed by atoms with Crippen molar-refractivity contribution in [3.8, 4) is 0 Å². The number of benzene rings is 1. The van der Waals surface area contributed by atoms with Gasteiger partial charge in [0.2, 0.25) is 0 Å². The lowest BCUT2D eigenvalue weighted by Gasteiger charge is -2.19. The molecule has 4 N–H and O–H groups in total. The van der Waals surface area contributed by atoms with Crippen molar-refractivity contribution in [1.29, 1.82) is 0 Å². The van der Waals surface area contributed by atoms with E-state index in [0.29, 0.717) is 0 Å². The van der Waals surface area contributed by atoms with Gasteiger partial charge in [0.25, 0.3) is 0 Å². The Kier molecular flexibility index (Phi) is 3.66. The van der Waals surface area contributed by atoms with Crippen LogP contribution in [0.4, 0.5) is 17.6 Å². The second kappa shape index (κ2) is 5.03. The second-order valence-corrected chi connectivity index (χ2v) is 4.57. The number of nitrogens with zero attached hydrogens (tertiary/aromatic N) is 1. The van der Waals surface area contributed by atoms with Gasteiger partial charge in [0.1, 0.15) is 5.82 Å². The topological polar surface area (TPSA) is 74.9 Å². The van der Waals surface area contributed by atoms with Crippen LogP contribution in [0.15, 0.2) is 12.3 Å². The fraction of sp³-hybridized carbons (Fsp3) is 0.308. The molecule has 0 bridgehead atoms. The van der Waals surface area contributed by atoms with Crippen LogP contribution in [0.25, 0.3) is 16.6 Å². The van der Waals surface area contributed by atoms with Crippen molar-refractivity contribution in [3.63, 3.8) is 0 Å². The van der Waals surface area contributed by atoms with Crippen molar-refractivity contribution in [2.75, 3.05) is 0 Å². The molecule has 0 aliphatic heterocycles. The Balaban J connectivity index is 2.88. The molecule has 21 heavy (non-hydrogen) atoms. The highest BCUT2D eigenvalue weighted by molar-refractivity contribution is 5.94. The van der Waals surface area contributed by atoms with E-state index < -0.39 is 23.7 Å². The fourth-order valence-electron chi connectivity index (χ4n) is 2.24. The van der Waals surface area contributed by atoms with Crippen LogP contribution in [0.1, 0.15) is 29.7 Å². The van der Waals surface area contributed by atoms with Crippen LogP contribution in [0.5, 0.6) is 0 Å². The van der Waals surface area contributed by atoms with E-state index in [9.17, 15) is 22.7 Å². The number of allylic oxidation sites excluding steroid dienone is 1. The summed E-state index contributed by atoms with van der Waals surface area (Å²) in [5, 5.41) is 15.6. The first-order valence-corrected chi connectivity index (χ1v) is 6.02. The van der Waals surface area contributed by atoms with Gasteiger partial charge in [-0.2, -0.15) is 18.3 Å². The van der Waals surface area contributed by atoms with Crippen molar-refractivity contribution in [2.45, 2.75) is 26.1 Å². The monoisotopic (exact) mass is 303 g/mol. The Labute approximate surface area is 117 Å². The molecular weight excluding hydrogens is 290 g/mol. The Morgan fingerprint density at radius 3 is 2.62 bits per heavy atom. The molecule has 114 valence electrons. The number of rotatable bonds is 2. The highest BCUT2D eigenvalue weighted by Gasteiger charge is 2.43. The summed E-state index contributed by atoms with van der Waals surface area (Å²) in [4.78, 5) is 0. The summed E-state index contributed by atoms with van der Waals surface area (Å²) in [6.45, 7) is 2.93. The minimum atomic E-state index is -4.99. The number of fused-ring (bicyclic) bond motifs is 1. The molecule has 0 radical (unpaired) electrons. The molecule has 1 aromatic heterocycles. The Morgan fingerprint density at radius 2 is 2.10 bits per heavy atom. The fourth-order valence-corrected chi connectivity index (χ4v) is 2.24. The zero-order chi connectivity index (χ0) is 15.9. The second-order valence-electron chi connectivity index (χ2n) is 4.57. The summed E-state index contributed by atoms with van der Waals surface area (Å²) in [6.07, 6.45) is -5.17. The van der Waals surface area contributed by atoms with Crippen molar-refractivity contribution < 1.29 is 22.7 Å². The third-order valence-electron chi connectivity index (χ3n) is 3.30. The standard InChI is InChI=1S/C13H13F4N3O/c1-3-7(18)8-5(2)10(14)9(12(21)13(15,16)17)11-6(8)4-19-20-11/h3-4,12,21H,18H2,1-2H3,(H,19,20)/b7-3-. The number of alkyl halides is 3. The Bertz CT molecular complexity index is 718. The average Bonchev–Trinajstić information content (AvgIpc) is 2.86. The van der Waals surface area contributed by atoms with E-state index in [1.165, 1.54) is 19.2 Å². The van der Waals surface area contributed by atoms with E-state index in [1.807, 2.05) is 0 Å². The molecule has 0 amide bonds. The van der Waals surface area contributed by atoms with E-state index in [1.54, 1.807) is 6.92 Å². The van der Waals surface area contributed by atoms with Gasteiger partial charge in [-0.1, -0.05) is 6.08 Å². The summed E-state index contributed by atoms with van der Waals surface area (Å²) >= 11 is 0. The number of aromatic amines is 1. The predicted octanol–water partition coefficient (Wildman–Crippen LogP) is 2.93. The number of H-pyrrole nitrogens is 1. The first-order chi connectivity index (χ1) is 9.70. The van der Waals surface area contributed by atoms with Crippen LogP contribution >= 0.6 is 0 Å². The highest BCUT2D eigenvalue weighted by atomic mass is 19.4. The van der Waals surface area contributed by atoms with Crippen LogP contribution in [0, 0.1) is 12.7 Å². The molecule has 1 atom stereocenters. The summed E-state index contributed by atoms with van der Waals surface area (Å²) < 4.78 is 52.5. The molecule has 0 spiro atoms. The number of hydrogen-bond donors (Lipinski definition) is 3. The number of nitrogens with one attached hydrogen (secondary N) is 1. The van der Waals surface area contributed by atoms with Crippen molar-refractivity contribution >= 4 is 16.6 Å². The van der Waals surface area contributed by atoms with E-state index in [0.717, 1.165) is 0 Å². The SMILES string of the molecule is C/C=C(\N)c1c(C)c(F)c(C(O)C(F)(F)F)c2[nH]ncc12. The van der Waals surface area contributed by atoms with Crippen molar-refractivity contribution in [2.24, 2.45) is 5.73 Å². The lowest BCUT2D eigenvalue weighted by molar-refractivity contribution is -0.207. The molecule has 4 nitrogen and oxygen atoms in total. The van der Waals surface area contributed by atoms with Crippen LogP contribution < -0.4 is 5.73 Å². The molecular formula is C13H13F4N3O. The molecule has 0 saturated heterocycles. The zero-order valence-electron chi connectivity index (χ0n) is 11.2. The maximum absolute atomic E-state index is 14.4. The van der Waals surface area contributed by atoms with Crippen LogP contribution in [-0.4, -0.2) is 21.5 Å². The molecule has 2 aromatic rings. The third kappa shape index (κ3) is 2.35. The summed E-state index contributed by atoms with van der Waals surface area (Å²) in [6, 6.07) is 0. The number of aromatic nitrogens is 2. The number of halogens is 4. The molecule has 1 aromatic carbocycles. The molecule has 0 fully saturated rings. The van der Waals surface area contributed by atoms with E-state index >= 15 is 0 Å². The van der Waals surface area contributed by atoms with E-state index in [4.69, 9.17) is 5.73 Å². The van der Waals surface area contributed by atoms with Gasteiger partial charge >= 0.3 is 6.18 Å². The minimum absolute atomic E-state index is 0.0715. The quantitative estimate of drug-likeness (QED) is 0.747. The smallest absolute Gasteiger partial charge is 0.398 e. The first-order valence-electron chi connectivity index (χ1n) is 6.02. The maximum atomic E-state index is 14.4. The molecule has 0 aliphatic carbocycles. The predicted molar refractivity (Wildman–Crippen MR) is 69.6 cm³/mol. The summed E-state index contributed by atoms with van der Waals surface area (Å²) in [7, 11) is 0. The molecule has 2 rings (SSSR count). The van der Waals surface area contributed by atoms with Gasteiger partial charge in [0, 0.05) is 16.6 Å². The number of aliphatic hydroxyl groups is 1. The average molecular weight is 303 g/mol.